The molecule has 0 aliphatic heterocycles. The summed E-state index contributed by atoms with van der Waals surface area (Å²) in [5.41, 5.74) is 3.58. The number of hydrazone groups is 2. The van der Waals surface area contributed by atoms with Gasteiger partial charge in [0.2, 0.25) is 11.5 Å². The van der Waals surface area contributed by atoms with Crippen molar-refractivity contribution in [2.75, 3.05) is 0 Å². The van der Waals surface area contributed by atoms with E-state index in [9.17, 15) is 40.2 Å². The number of phenolic OH excluding ortho intramolecular Hbond substituents is 6. The highest BCUT2D eigenvalue weighted by Gasteiger charge is 2.13. The summed E-state index contributed by atoms with van der Waals surface area (Å²) < 4.78 is 0. The van der Waals surface area contributed by atoms with Crippen molar-refractivity contribution in [1.29, 1.82) is 0 Å². The molecule has 2 aromatic rings. The van der Waals surface area contributed by atoms with Crippen molar-refractivity contribution in [1.82, 2.24) is 10.9 Å². The number of amides is 2. The van der Waals surface area contributed by atoms with Gasteiger partial charge in [-0.2, -0.15) is 10.2 Å². The van der Waals surface area contributed by atoms with E-state index in [1.165, 1.54) is 12.1 Å². The topological polar surface area (TPSA) is 204 Å². The van der Waals surface area contributed by atoms with Crippen LogP contribution in [0, 0.1) is 0 Å². The first-order chi connectivity index (χ1) is 13.2. The first-order valence-electron chi connectivity index (χ1n) is 7.36. The molecular weight excluding hydrogens is 376 g/mol. The molecule has 0 radical (unpaired) electrons. The number of phenols is 6. The smallest absolute Gasteiger partial charge is 0.331 e. The molecule has 0 bridgehead atoms. The average molecular weight is 390 g/mol. The predicted molar refractivity (Wildman–Crippen MR) is 94.3 cm³/mol. The Morgan fingerprint density at radius 3 is 1.36 bits per heavy atom. The summed E-state index contributed by atoms with van der Waals surface area (Å²) in [6, 6.07) is 4.56. The van der Waals surface area contributed by atoms with E-state index in [1.54, 1.807) is 0 Å². The zero-order valence-electron chi connectivity index (χ0n) is 13.9. The first-order valence-corrected chi connectivity index (χ1v) is 7.36. The van der Waals surface area contributed by atoms with Crippen molar-refractivity contribution in [2.45, 2.75) is 0 Å². The van der Waals surface area contributed by atoms with Crippen LogP contribution < -0.4 is 10.9 Å². The van der Waals surface area contributed by atoms with Gasteiger partial charge < -0.3 is 30.6 Å². The lowest BCUT2D eigenvalue weighted by Crippen LogP contribution is -2.35. The van der Waals surface area contributed by atoms with E-state index >= 15 is 0 Å². The molecule has 28 heavy (non-hydrogen) atoms. The van der Waals surface area contributed by atoms with Gasteiger partial charge in [-0.3, -0.25) is 9.59 Å². The highest BCUT2D eigenvalue weighted by atomic mass is 16.3. The Bertz CT molecular complexity index is 908. The fourth-order valence-corrected chi connectivity index (χ4v) is 1.80. The number of carbonyl (C=O) groups is 2. The minimum absolute atomic E-state index is 0.0448. The second kappa shape index (κ2) is 8.27. The molecule has 146 valence electrons. The number of benzene rings is 2. The zero-order chi connectivity index (χ0) is 20.8. The molecule has 0 heterocycles. The van der Waals surface area contributed by atoms with Crippen LogP contribution in [0.15, 0.2) is 34.5 Å². The van der Waals surface area contributed by atoms with Crippen molar-refractivity contribution < 1.29 is 40.2 Å². The molecule has 12 heteroatoms. The molecular formula is C16H14N4O8. The minimum atomic E-state index is -1.23. The second-order valence-corrected chi connectivity index (χ2v) is 5.14. The van der Waals surface area contributed by atoms with Crippen molar-refractivity contribution in [3.63, 3.8) is 0 Å². The molecule has 0 saturated heterocycles. The lowest BCUT2D eigenvalue weighted by molar-refractivity contribution is -0.139. The summed E-state index contributed by atoms with van der Waals surface area (Å²) in [6.45, 7) is 0. The molecule has 2 aromatic carbocycles. The predicted octanol–water partition coefficient (Wildman–Crippen LogP) is -0.479. The summed E-state index contributed by atoms with van der Waals surface area (Å²) in [5, 5.41) is 63.0. The normalized spacial score (nSPS) is 11.0. The van der Waals surface area contributed by atoms with Gasteiger partial charge in [-0.15, -0.1) is 0 Å². The Morgan fingerprint density at radius 1 is 0.643 bits per heavy atom. The molecule has 0 saturated carbocycles. The number of carbonyl (C=O) groups excluding carboxylic acids is 2. The van der Waals surface area contributed by atoms with Crippen LogP contribution in [0.3, 0.4) is 0 Å². The molecule has 8 N–H and O–H groups in total. The third kappa shape index (κ3) is 4.37. The van der Waals surface area contributed by atoms with Crippen LogP contribution in [0.2, 0.25) is 0 Å². The quantitative estimate of drug-likeness (QED) is 0.148. The van der Waals surface area contributed by atoms with E-state index in [2.05, 4.69) is 10.2 Å². The van der Waals surface area contributed by atoms with E-state index < -0.39 is 46.3 Å². The summed E-state index contributed by atoms with van der Waals surface area (Å²) in [5.74, 6) is -6.46. The van der Waals surface area contributed by atoms with Gasteiger partial charge in [0, 0.05) is 11.1 Å². The van der Waals surface area contributed by atoms with E-state index in [1.807, 2.05) is 10.9 Å². The number of rotatable bonds is 4. The van der Waals surface area contributed by atoms with Crippen molar-refractivity contribution in [2.24, 2.45) is 10.2 Å². The number of hydrogen-bond acceptors (Lipinski definition) is 10. The largest absolute Gasteiger partial charge is 0.504 e. The number of nitrogens with zero attached hydrogens (tertiary/aromatic N) is 2. The van der Waals surface area contributed by atoms with Gasteiger partial charge in [-0.05, 0) is 24.3 Å². The molecule has 0 aliphatic carbocycles. The molecule has 0 spiro atoms. The Balaban J connectivity index is 1.94. The van der Waals surface area contributed by atoms with Crippen molar-refractivity contribution in [3.05, 3.63) is 35.4 Å². The van der Waals surface area contributed by atoms with Crippen LogP contribution in [0.5, 0.6) is 34.5 Å². The maximum absolute atomic E-state index is 11.6. The molecule has 2 rings (SSSR count). The molecule has 0 atom stereocenters. The third-order valence-electron chi connectivity index (χ3n) is 3.27. The van der Waals surface area contributed by atoms with Crippen LogP contribution >= 0.6 is 0 Å². The number of nitrogens with one attached hydrogen (secondary N) is 2. The van der Waals surface area contributed by atoms with Gasteiger partial charge in [-0.25, -0.2) is 10.9 Å². The van der Waals surface area contributed by atoms with Crippen LogP contribution in [0.4, 0.5) is 0 Å². The lowest BCUT2D eigenvalue weighted by Gasteiger charge is -2.04. The van der Waals surface area contributed by atoms with Crippen molar-refractivity contribution >= 4 is 24.2 Å². The highest BCUT2D eigenvalue weighted by Crippen LogP contribution is 2.36. The van der Waals surface area contributed by atoms with E-state index in [4.69, 9.17) is 0 Å². The molecule has 0 aliphatic rings. The Hall–Kier alpha value is -4.48. The number of hydrogen-bond donors (Lipinski definition) is 8. The molecule has 0 unspecified atom stereocenters. The number of aromatic hydroxyl groups is 6. The van der Waals surface area contributed by atoms with E-state index in [0.29, 0.717) is 0 Å². The van der Waals surface area contributed by atoms with Crippen LogP contribution in [0.1, 0.15) is 11.1 Å². The van der Waals surface area contributed by atoms with Gasteiger partial charge in [0.25, 0.3) is 0 Å². The standard InChI is InChI=1S/C16H14N4O8/c21-9-3-1-7(11(23)13(9)25)5-17-19-15(27)16(28)20-18-6-8-2-4-10(22)14(26)12(8)24/h1-6,21-26H,(H,19,27)(H,20,28)/b17-5+,18-6+. The fourth-order valence-electron chi connectivity index (χ4n) is 1.80. The monoisotopic (exact) mass is 390 g/mol. The maximum atomic E-state index is 11.6. The van der Waals surface area contributed by atoms with Gasteiger partial charge in [-0.1, -0.05) is 0 Å². The Morgan fingerprint density at radius 2 is 1.00 bits per heavy atom. The van der Waals surface area contributed by atoms with E-state index in [0.717, 1.165) is 24.6 Å². The average Bonchev–Trinajstić information content (AvgIpc) is 2.67. The van der Waals surface area contributed by atoms with Gasteiger partial charge >= 0.3 is 11.8 Å². The summed E-state index contributed by atoms with van der Waals surface area (Å²) in [7, 11) is 0. The Kier molecular flexibility index (Phi) is 5.86. The van der Waals surface area contributed by atoms with E-state index in [-0.39, 0.29) is 11.1 Å². The SMILES string of the molecule is O=C(N/N=C/c1ccc(O)c(O)c1O)C(=O)N/N=C/c1ccc(O)c(O)c1O. The summed E-state index contributed by atoms with van der Waals surface area (Å²) in [4.78, 5) is 23.1. The van der Waals surface area contributed by atoms with Crippen LogP contribution in [0.25, 0.3) is 0 Å². The van der Waals surface area contributed by atoms with Gasteiger partial charge in [0.1, 0.15) is 0 Å². The third-order valence-corrected chi connectivity index (χ3v) is 3.27. The zero-order valence-corrected chi connectivity index (χ0v) is 13.9. The first kappa shape index (κ1) is 19.8. The molecule has 0 fully saturated rings. The highest BCUT2D eigenvalue weighted by molar-refractivity contribution is 6.35. The van der Waals surface area contributed by atoms with Crippen LogP contribution in [-0.2, 0) is 9.59 Å². The lowest BCUT2D eigenvalue weighted by atomic mass is 10.2. The molecule has 2 amide bonds. The van der Waals surface area contributed by atoms with Gasteiger partial charge in [0.15, 0.2) is 23.0 Å². The summed E-state index contributed by atoms with van der Waals surface area (Å²) >= 11 is 0. The molecule has 0 aromatic heterocycles. The second-order valence-electron chi connectivity index (χ2n) is 5.14. The Labute approximate surface area is 156 Å². The van der Waals surface area contributed by atoms with Gasteiger partial charge in [0.05, 0.1) is 12.4 Å². The van der Waals surface area contributed by atoms with Crippen molar-refractivity contribution in [3.8, 4) is 34.5 Å². The summed E-state index contributed by atoms with van der Waals surface area (Å²) in [6.07, 6.45) is 1.83. The minimum Gasteiger partial charge on any atom is -0.504 e. The van der Waals surface area contributed by atoms with Crippen LogP contribution in [-0.4, -0.2) is 54.9 Å². The molecule has 12 nitrogen and oxygen atoms in total. The fraction of sp³-hybridized carbons (Fsp3) is 0. The maximum Gasteiger partial charge on any atom is 0.331 e.